The van der Waals surface area contributed by atoms with Gasteiger partial charge in [-0.25, -0.2) is 0 Å². The van der Waals surface area contributed by atoms with Crippen molar-refractivity contribution in [2.45, 2.75) is 73.6 Å². The maximum absolute atomic E-state index is 6.03. The highest BCUT2D eigenvalue weighted by molar-refractivity contribution is 5.72. The highest BCUT2D eigenvalue weighted by Gasteiger charge is 2.42. The molecule has 0 spiro atoms. The SMILES string of the molecule is Cc1c(C)c(N2C(C)C2C)c(C)c(C)c1OC(C)C. The standard InChI is InChI=1S/C17H27NO/c1-9(2)19-17-12(5)10(3)16(11(4)13(17)6)18-14(7)15(18)8/h9,14-15H,1-8H3. The average molecular weight is 261 g/mol. The Bertz CT molecular complexity index is 467. The molecule has 1 heterocycles. The van der Waals surface area contributed by atoms with E-state index in [1.54, 1.807) is 0 Å². The van der Waals surface area contributed by atoms with E-state index in [2.05, 4.69) is 60.3 Å². The fourth-order valence-corrected chi connectivity index (χ4v) is 2.97. The number of benzene rings is 1. The van der Waals surface area contributed by atoms with Gasteiger partial charge < -0.3 is 9.64 Å². The molecule has 106 valence electrons. The summed E-state index contributed by atoms with van der Waals surface area (Å²) in [5, 5.41) is 0. The Hall–Kier alpha value is -1.18. The number of anilines is 1. The van der Waals surface area contributed by atoms with E-state index in [9.17, 15) is 0 Å². The third kappa shape index (κ3) is 2.22. The number of hydrogen-bond acceptors (Lipinski definition) is 2. The van der Waals surface area contributed by atoms with Gasteiger partial charge in [0.25, 0.3) is 0 Å². The number of hydrogen-bond donors (Lipinski definition) is 0. The van der Waals surface area contributed by atoms with E-state index < -0.39 is 0 Å². The Morgan fingerprint density at radius 1 is 0.842 bits per heavy atom. The van der Waals surface area contributed by atoms with Crippen molar-refractivity contribution in [1.29, 1.82) is 0 Å². The van der Waals surface area contributed by atoms with Crippen molar-refractivity contribution in [2.24, 2.45) is 0 Å². The van der Waals surface area contributed by atoms with Crippen LogP contribution in [0.25, 0.3) is 0 Å². The minimum atomic E-state index is 0.223. The molecule has 0 aromatic heterocycles. The zero-order valence-electron chi connectivity index (χ0n) is 13.6. The molecule has 1 aromatic carbocycles. The van der Waals surface area contributed by atoms with Crippen LogP contribution in [0, 0.1) is 27.7 Å². The van der Waals surface area contributed by atoms with E-state index in [0.717, 1.165) is 5.75 Å². The van der Waals surface area contributed by atoms with E-state index >= 15 is 0 Å². The Morgan fingerprint density at radius 3 is 1.58 bits per heavy atom. The van der Waals surface area contributed by atoms with Crippen molar-refractivity contribution in [3.05, 3.63) is 22.3 Å². The molecule has 1 aliphatic rings. The summed E-state index contributed by atoms with van der Waals surface area (Å²) in [6.07, 6.45) is 0.223. The van der Waals surface area contributed by atoms with Crippen molar-refractivity contribution < 1.29 is 4.74 Å². The lowest BCUT2D eigenvalue weighted by Crippen LogP contribution is -2.12. The molecule has 1 saturated heterocycles. The van der Waals surface area contributed by atoms with Gasteiger partial charge in [0.15, 0.2) is 0 Å². The summed E-state index contributed by atoms with van der Waals surface area (Å²) in [6, 6.07) is 1.32. The molecule has 19 heavy (non-hydrogen) atoms. The summed E-state index contributed by atoms with van der Waals surface area (Å²) < 4.78 is 6.03. The molecule has 0 amide bonds. The Balaban J connectivity index is 2.54. The predicted molar refractivity (Wildman–Crippen MR) is 82.6 cm³/mol. The second-order valence-electron chi connectivity index (χ2n) is 6.23. The maximum atomic E-state index is 6.03. The van der Waals surface area contributed by atoms with Crippen LogP contribution in [0.2, 0.25) is 0 Å². The number of rotatable bonds is 3. The van der Waals surface area contributed by atoms with Crippen molar-refractivity contribution in [2.75, 3.05) is 4.90 Å². The Morgan fingerprint density at radius 2 is 1.26 bits per heavy atom. The second-order valence-corrected chi connectivity index (χ2v) is 6.23. The molecule has 0 N–H and O–H groups in total. The van der Waals surface area contributed by atoms with Gasteiger partial charge in [-0.15, -0.1) is 0 Å². The van der Waals surface area contributed by atoms with Crippen LogP contribution in [0.4, 0.5) is 5.69 Å². The summed E-state index contributed by atoms with van der Waals surface area (Å²) in [7, 11) is 0. The molecule has 2 nitrogen and oxygen atoms in total. The topological polar surface area (TPSA) is 12.2 Å². The van der Waals surface area contributed by atoms with Gasteiger partial charge in [0.1, 0.15) is 5.75 Å². The van der Waals surface area contributed by atoms with Crippen molar-refractivity contribution in [3.63, 3.8) is 0 Å². The smallest absolute Gasteiger partial charge is 0.126 e. The summed E-state index contributed by atoms with van der Waals surface area (Å²) in [5.41, 5.74) is 6.74. The van der Waals surface area contributed by atoms with Crippen molar-refractivity contribution >= 4 is 5.69 Å². The Labute approximate surface area is 117 Å². The molecule has 1 fully saturated rings. The van der Waals surface area contributed by atoms with E-state index in [4.69, 9.17) is 4.74 Å². The van der Waals surface area contributed by atoms with Gasteiger partial charge in [0.05, 0.1) is 6.10 Å². The number of nitrogens with zero attached hydrogens (tertiary/aromatic N) is 1. The minimum Gasteiger partial charge on any atom is -0.490 e. The van der Waals surface area contributed by atoms with Crippen LogP contribution in [0.15, 0.2) is 0 Å². The van der Waals surface area contributed by atoms with Crippen LogP contribution in [0.1, 0.15) is 49.9 Å². The van der Waals surface area contributed by atoms with Crippen LogP contribution in [0.3, 0.4) is 0 Å². The fraction of sp³-hybridized carbons (Fsp3) is 0.647. The van der Waals surface area contributed by atoms with Gasteiger partial charge in [-0.05, 0) is 77.6 Å². The molecule has 0 bridgehead atoms. The average Bonchev–Trinajstić information content (AvgIpc) is 2.91. The van der Waals surface area contributed by atoms with Crippen LogP contribution in [0.5, 0.6) is 5.75 Å². The maximum Gasteiger partial charge on any atom is 0.126 e. The normalized spacial score (nSPS) is 22.1. The molecule has 2 atom stereocenters. The van der Waals surface area contributed by atoms with Crippen LogP contribution >= 0.6 is 0 Å². The van der Waals surface area contributed by atoms with Gasteiger partial charge in [0.2, 0.25) is 0 Å². The molecule has 1 aromatic rings. The summed E-state index contributed by atoms with van der Waals surface area (Å²) >= 11 is 0. The molecule has 0 saturated carbocycles. The van der Waals surface area contributed by atoms with E-state index in [1.807, 2.05) is 0 Å². The first-order valence-electron chi connectivity index (χ1n) is 7.32. The summed E-state index contributed by atoms with van der Waals surface area (Å²) in [6.45, 7) is 17.6. The molecule has 2 heteroatoms. The lowest BCUT2D eigenvalue weighted by Gasteiger charge is -2.23. The lowest BCUT2D eigenvalue weighted by atomic mass is 9.96. The van der Waals surface area contributed by atoms with Crippen LogP contribution < -0.4 is 9.64 Å². The van der Waals surface area contributed by atoms with Crippen LogP contribution in [-0.2, 0) is 0 Å². The van der Waals surface area contributed by atoms with Crippen LogP contribution in [-0.4, -0.2) is 18.2 Å². The lowest BCUT2D eigenvalue weighted by molar-refractivity contribution is 0.239. The Kier molecular flexibility index (Phi) is 3.55. The van der Waals surface area contributed by atoms with E-state index in [1.165, 1.54) is 27.9 Å². The van der Waals surface area contributed by atoms with E-state index in [0.29, 0.717) is 12.1 Å². The molecular weight excluding hydrogens is 234 g/mol. The van der Waals surface area contributed by atoms with Gasteiger partial charge in [0, 0.05) is 17.8 Å². The molecule has 2 rings (SSSR count). The molecule has 0 radical (unpaired) electrons. The molecule has 1 aliphatic heterocycles. The highest BCUT2D eigenvalue weighted by atomic mass is 16.5. The zero-order chi connectivity index (χ0) is 14.5. The summed E-state index contributed by atoms with van der Waals surface area (Å²) in [5.74, 6) is 1.08. The third-order valence-electron chi connectivity index (χ3n) is 4.61. The van der Waals surface area contributed by atoms with Gasteiger partial charge in [-0.3, -0.25) is 0 Å². The van der Waals surface area contributed by atoms with Crippen molar-refractivity contribution in [3.8, 4) is 5.75 Å². The second kappa shape index (κ2) is 4.73. The summed E-state index contributed by atoms with van der Waals surface area (Å²) in [4.78, 5) is 2.52. The minimum absolute atomic E-state index is 0.223. The zero-order valence-corrected chi connectivity index (χ0v) is 13.6. The largest absolute Gasteiger partial charge is 0.490 e. The van der Waals surface area contributed by atoms with Gasteiger partial charge in [-0.1, -0.05) is 0 Å². The quantitative estimate of drug-likeness (QED) is 0.752. The molecular formula is C17H27NO. The fourth-order valence-electron chi connectivity index (χ4n) is 2.97. The highest BCUT2D eigenvalue weighted by Crippen LogP contribution is 2.44. The monoisotopic (exact) mass is 261 g/mol. The first-order chi connectivity index (χ1) is 8.77. The van der Waals surface area contributed by atoms with Crippen molar-refractivity contribution in [1.82, 2.24) is 0 Å². The van der Waals surface area contributed by atoms with Gasteiger partial charge in [-0.2, -0.15) is 0 Å². The molecule has 0 aliphatic carbocycles. The molecule has 2 unspecified atom stereocenters. The third-order valence-corrected chi connectivity index (χ3v) is 4.61. The number of ether oxygens (including phenoxy) is 1. The van der Waals surface area contributed by atoms with E-state index in [-0.39, 0.29) is 6.10 Å². The first kappa shape index (κ1) is 14.2. The first-order valence-corrected chi connectivity index (χ1v) is 7.32. The predicted octanol–water partition coefficient (Wildman–Crippen LogP) is 4.30. The van der Waals surface area contributed by atoms with Gasteiger partial charge >= 0.3 is 0 Å².